The number of amides is 2. The van der Waals surface area contributed by atoms with E-state index in [0.717, 1.165) is 0 Å². The molecule has 0 spiro atoms. The topological polar surface area (TPSA) is 67.4 Å². The predicted octanol–water partition coefficient (Wildman–Crippen LogP) is 3.08. The zero-order chi connectivity index (χ0) is 16.5. The predicted molar refractivity (Wildman–Crippen MR) is 84.3 cm³/mol. The Balaban J connectivity index is 1.63. The summed E-state index contributed by atoms with van der Waals surface area (Å²) >= 11 is 0. The van der Waals surface area contributed by atoms with E-state index in [1.54, 1.807) is 36.4 Å². The van der Waals surface area contributed by atoms with E-state index in [4.69, 9.17) is 4.74 Å². The van der Waals surface area contributed by atoms with Gasteiger partial charge >= 0.3 is 12.0 Å². The number of ether oxygens (including phenoxy) is 1. The van der Waals surface area contributed by atoms with Crippen LogP contribution in [0.15, 0.2) is 54.6 Å². The van der Waals surface area contributed by atoms with Gasteiger partial charge in [0.05, 0.1) is 6.42 Å². The van der Waals surface area contributed by atoms with Crippen LogP contribution in [0.25, 0.3) is 0 Å². The second-order valence-electron chi connectivity index (χ2n) is 4.79. The van der Waals surface area contributed by atoms with Gasteiger partial charge in [-0.15, -0.1) is 0 Å². The van der Waals surface area contributed by atoms with Crippen molar-refractivity contribution in [2.75, 3.05) is 11.9 Å². The van der Waals surface area contributed by atoms with Crippen molar-refractivity contribution in [3.8, 4) is 0 Å². The van der Waals surface area contributed by atoms with E-state index in [1.165, 1.54) is 12.1 Å². The first-order valence-electron chi connectivity index (χ1n) is 7.13. The highest BCUT2D eigenvalue weighted by molar-refractivity contribution is 5.89. The summed E-state index contributed by atoms with van der Waals surface area (Å²) in [7, 11) is 0. The summed E-state index contributed by atoms with van der Waals surface area (Å²) in [6.07, 6.45) is 0.0392. The number of carbonyl (C=O) groups is 2. The summed E-state index contributed by atoms with van der Waals surface area (Å²) in [5.41, 5.74) is 1.24. The van der Waals surface area contributed by atoms with Gasteiger partial charge in [0, 0.05) is 12.2 Å². The number of urea groups is 1. The SMILES string of the molecule is O=C(NCCC(=O)OCc1cccc(F)c1)Nc1ccccc1. The molecule has 6 heteroatoms. The quantitative estimate of drug-likeness (QED) is 0.805. The minimum absolute atomic E-state index is 0.00675. The first kappa shape index (κ1) is 16.5. The molecule has 2 amide bonds. The molecule has 0 aliphatic carbocycles. The molecule has 2 N–H and O–H groups in total. The van der Waals surface area contributed by atoms with Crippen molar-refractivity contribution in [3.05, 3.63) is 66.0 Å². The fraction of sp³-hybridized carbons (Fsp3) is 0.176. The van der Waals surface area contributed by atoms with Crippen LogP contribution in [-0.2, 0) is 16.1 Å². The molecule has 120 valence electrons. The van der Waals surface area contributed by atoms with E-state index in [0.29, 0.717) is 11.3 Å². The van der Waals surface area contributed by atoms with Crippen LogP contribution < -0.4 is 10.6 Å². The number of anilines is 1. The lowest BCUT2D eigenvalue weighted by Gasteiger charge is -2.08. The van der Waals surface area contributed by atoms with Crippen molar-refractivity contribution in [1.82, 2.24) is 5.32 Å². The number of benzene rings is 2. The van der Waals surface area contributed by atoms with Crippen molar-refractivity contribution in [2.24, 2.45) is 0 Å². The number of nitrogens with one attached hydrogen (secondary N) is 2. The number of rotatable bonds is 6. The maximum Gasteiger partial charge on any atom is 0.319 e. The molecule has 0 heterocycles. The molecule has 0 aliphatic heterocycles. The van der Waals surface area contributed by atoms with Gasteiger partial charge in [0.25, 0.3) is 0 Å². The van der Waals surface area contributed by atoms with Gasteiger partial charge in [-0.25, -0.2) is 9.18 Å². The Morgan fingerprint density at radius 3 is 2.57 bits per heavy atom. The Morgan fingerprint density at radius 2 is 1.83 bits per heavy atom. The number of halogens is 1. The third kappa shape index (κ3) is 6.17. The van der Waals surface area contributed by atoms with Gasteiger partial charge in [-0.3, -0.25) is 4.79 Å². The zero-order valence-corrected chi connectivity index (χ0v) is 12.4. The smallest absolute Gasteiger partial charge is 0.319 e. The largest absolute Gasteiger partial charge is 0.461 e. The number of esters is 1. The maximum atomic E-state index is 13.0. The van der Waals surface area contributed by atoms with Gasteiger partial charge in [-0.1, -0.05) is 30.3 Å². The maximum absolute atomic E-state index is 13.0. The molecule has 0 unspecified atom stereocenters. The average Bonchev–Trinajstić information content (AvgIpc) is 2.54. The zero-order valence-electron chi connectivity index (χ0n) is 12.4. The molecule has 0 saturated carbocycles. The highest BCUT2D eigenvalue weighted by atomic mass is 19.1. The average molecular weight is 316 g/mol. The summed E-state index contributed by atoms with van der Waals surface area (Å²) in [5, 5.41) is 5.19. The van der Waals surface area contributed by atoms with Gasteiger partial charge in [0.15, 0.2) is 0 Å². The molecule has 0 atom stereocenters. The number of hydrogen-bond acceptors (Lipinski definition) is 3. The Kier molecular flexibility index (Phi) is 6.11. The fourth-order valence-electron chi connectivity index (χ4n) is 1.84. The van der Waals surface area contributed by atoms with Crippen LogP contribution >= 0.6 is 0 Å². The van der Waals surface area contributed by atoms with Gasteiger partial charge in [0.2, 0.25) is 0 Å². The standard InChI is InChI=1S/C17H17FN2O3/c18-14-6-4-5-13(11-14)12-23-16(21)9-10-19-17(22)20-15-7-2-1-3-8-15/h1-8,11H,9-10,12H2,(H2,19,20,22). The normalized spacial score (nSPS) is 9.96. The van der Waals surface area contributed by atoms with Gasteiger partial charge in [-0.05, 0) is 29.8 Å². The third-order valence-electron chi connectivity index (χ3n) is 2.94. The molecule has 2 aromatic carbocycles. The van der Waals surface area contributed by atoms with Gasteiger partial charge < -0.3 is 15.4 Å². The highest BCUT2D eigenvalue weighted by Crippen LogP contribution is 2.06. The summed E-state index contributed by atoms with van der Waals surface area (Å²) in [5.74, 6) is -0.841. The van der Waals surface area contributed by atoms with E-state index in [9.17, 15) is 14.0 Å². The third-order valence-corrected chi connectivity index (χ3v) is 2.94. The van der Waals surface area contributed by atoms with Crippen LogP contribution in [-0.4, -0.2) is 18.5 Å². The molecule has 2 aromatic rings. The molecular formula is C17H17FN2O3. The molecule has 2 rings (SSSR count). The Hall–Kier alpha value is -2.89. The minimum atomic E-state index is -0.464. The van der Waals surface area contributed by atoms with Crippen LogP contribution in [0.4, 0.5) is 14.9 Å². The molecule has 0 bridgehead atoms. The monoisotopic (exact) mass is 316 g/mol. The summed E-state index contributed by atoms with van der Waals surface area (Å²) in [6.45, 7) is 0.160. The van der Waals surface area contributed by atoms with Crippen molar-refractivity contribution in [1.29, 1.82) is 0 Å². The number of para-hydroxylation sites is 1. The molecule has 0 radical (unpaired) electrons. The Bertz CT molecular complexity index is 662. The van der Waals surface area contributed by atoms with Crippen LogP contribution in [0.5, 0.6) is 0 Å². The first-order chi connectivity index (χ1) is 11.1. The molecule has 5 nitrogen and oxygen atoms in total. The lowest BCUT2D eigenvalue weighted by atomic mass is 10.2. The van der Waals surface area contributed by atoms with Crippen molar-refractivity contribution < 1.29 is 18.7 Å². The van der Waals surface area contributed by atoms with E-state index in [1.807, 2.05) is 6.07 Å². The summed E-state index contributed by atoms with van der Waals surface area (Å²) in [6, 6.07) is 14.4. The number of carbonyl (C=O) groups excluding carboxylic acids is 2. The van der Waals surface area contributed by atoms with E-state index >= 15 is 0 Å². The van der Waals surface area contributed by atoms with Crippen molar-refractivity contribution in [2.45, 2.75) is 13.0 Å². The highest BCUT2D eigenvalue weighted by Gasteiger charge is 2.06. The second-order valence-corrected chi connectivity index (χ2v) is 4.79. The molecule has 0 saturated heterocycles. The lowest BCUT2D eigenvalue weighted by Crippen LogP contribution is -2.30. The van der Waals surface area contributed by atoms with Crippen LogP contribution in [0.3, 0.4) is 0 Å². The first-order valence-corrected chi connectivity index (χ1v) is 7.13. The Labute approximate surface area is 133 Å². The molecule has 0 aliphatic rings. The minimum Gasteiger partial charge on any atom is -0.461 e. The summed E-state index contributed by atoms with van der Waals surface area (Å²) in [4.78, 5) is 23.1. The van der Waals surface area contributed by atoms with E-state index < -0.39 is 12.0 Å². The van der Waals surface area contributed by atoms with E-state index in [2.05, 4.69) is 10.6 Å². The van der Waals surface area contributed by atoms with Crippen LogP contribution in [0.1, 0.15) is 12.0 Å². The summed E-state index contributed by atoms with van der Waals surface area (Å²) < 4.78 is 18.0. The fourth-order valence-corrected chi connectivity index (χ4v) is 1.84. The van der Waals surface area contributed by atoms with Gasteiger partial charge in [0.1, 0.15) is 12.4 Å². The van der Waals surface area contributed by atoms with Crippen molar-refractivity contribution >= 4 is 17.7 Å². The van der Waals surface area contributed by atoms with Crippen LogP contribution in [0, 0.1) is 5.82 Å². The second kappa shape index (κ2) is 8.53. The molecule has 0 aromatic heterocycles. The van der Waals surface area contributed by atoms with Crippen molar-refractivity contribution in [3.63, 3.8) is 0 Å². The van der Waals surface area contributed by atoms with E-state index in [-0.39, 0.29) is 25.4 Å². The molecule has 0 fully saturated rings. The lowest BCUT2D eigenvalue weighted by molar-refractivity contribution is -0.144. The Morgan fingerprint density at radius 1 is 1.04 bits per heavy atom. The number of hydrogen-bond donors (Lipinski definition) is 2. The molecule has 23 heavy (non-hydrogen) atoms. The van der Waals surface area contributed by atoms with Gasteiger partial charge in [-0.2, -0.15) is 0 Å². The van der Waals surface area contributed by atoms with Crippen LogP contribution in [0.2, 0.25) is 0 Å². The molecular weight excluding hydrogens is 299 g/mol.